The van der Waals surface area contributed by atoms with Crippen molar-refractivity contribution in [1.29, 1.82) is 0 Å². The van der Waals surface area contributed by atoms with E-state index in [1.807, 2.05) is 27.7 Å². The maximum Gasteiger partial charge on any atom is 0.303 e. The molecule has 0 radical (unpaired) electrons. The third kappa shape index (κ3) is 14.4. The summed E-state index contributed by atoms with van der Waals surface area (Å²) in [5.74, 6) is 0.145. The molecule has 0 aromatic heterocycles. The van der Waals surface area contributed by atoms with Crippen molar-refractivity contribution < 1.29 is 28.9 Å². The van der Waals surface area contributed by atoms with Gasteiger partial charge in [-0.1, -0.05) is 50.0 Å². The first kappa shape index (κ1) is 24.6. The van der Waals surface area contributed by atoms with Crippen molar-refractivity contribution in [3.8, 4) is 0 Å². The van der Waals surface area contributed by atoms with Crippen LogP contribution >= 0.6 is 0 Å². The van der Waals surface area contributed by atoms with Gasteiger partial charge in [0.2, 0.25) is 0 Å². The molecule has 2 unspecified atom stereocenters. The van der Waals surface area contributed by atoms with E-state index >= 15 is 0 Å². The number of carbonyl (C=O) groups is 2. The van der Waals surface area contributed by atoms with E-state index < -0.39 is 34.3 Å². The normalized spacial score (nSPS) is 15.0. The first-order valence-corrected chi connectivity index (χ1v) is 11.4. The first-order valence-electron chi connectivity index (χ1n) is 8.46. The fraction of sp³-hybridized carbons (Fsp3) is 0.882. The van der Waals surface area contributed by atoms with Crippen LogP contribution in [0.15, 0.2) is 0 Å². The Morgan fingerprint density at radius 2 is 1.08 bits per heavy atom. The molecule has 0 rings (SSSR count). The summed E-state index contributed by atoms with van der Waals surface area (Å²) in [5.41, 5.74) is -0.750. The van der Waals surface area contributed by atoms with E-state index in [9.17, 15) is 18.7 Å². The topological polar surface area (TPSA) is 121 Å². The molecule has 8 heteroatoms. The van der Waals surface area contributed by atoms with Crippen molar-refractivity contribution in [2.45, 2.75) is 59.8 Å². The summed E-state index contributed by atoms with van der Waals surface area (Å²) in [6, 6.07) is 0. The molecule has 0 aromatic carbocycles. The minimum atomic E-state index is -1.03. The Kier molecular flexibility index (Phi) is 11.1. The summed E-state index contributed by atoms with van der Waals surface area (Å²) in [4.78, 5) is 21.5. The number of carboxylic acid groups (broad SMARTS) is 2. The molecule has 0 bridgehead atoms. The van der Waals surface area contributed by atoms with Gasteiger partial charge in [0.25, 0.3) is 0 Å². The smallest absolute Gasteiger partial charge is 0.303 e. The zero-order chi connectivity index (χ0) is 19.7. The third-order valence-electron chi connectivity index (χ3n) is 4.02. The highest BCUT2D eigenvalue weighted by atomic mass is 32.2. The van der Waals surface area contributed by atoms with Crippen LogP contribution in [0, 0.1) is 10.8 Å². The Bertz CT molecular complexity index is 387. The van der Waals surface area contributed by atoms with Crippen molar-refractivity contribution in [2.24, 2.45) is 10.8 Å². The Balaban J connectivity index is 3.94. The van der Waals surface area contributed by atoms with E-state index in [0.29, 0.717) is 42.3 Å². The van der Waals surface area contributed by atoms with E-state index in [4.69, 9.17) is 10.2 Å². The molecule has 0 aromatic rings. The fourth-order valence-electron chi connectivity index (χ4n) is 2.36. The molecule has 0 saturated carbocycles. The SMILES string of the molecule is CC(C)(CC[S+]([O-])CCC[S+]([O-])CCC(C)(C)CC(=O)O)CC(=O)O. The largest absolute Gasteiger partial charge is 0.616 e. The Morgan fingerprint density at radius 3 is 1.36 bits per heavy atom. The fourth-order valence-corrected chi connectivity index (χ4v) is 5.44. The van der Waals surface area contributed by atoms with Gasteiger partial charge in [-0.2, -0.15) is 0 Å². The lowest BCUT2D eigenvalue weighted by atomic mass is 9.87. The molecule has 0 aliphatic carbocycles. The van der Waals surface area contributed by atoms with Crippen molar-refractivity contribution >= 4 is 34.3 Å². The maximum absolute atomic E-state index is 12.0. The Hall–Kier alpha value is -0.440. The van der Waals surface area contributed by atoms with Gasteiger partial charge in [0.1, 0.15) is 23.0 Å². The third-order valence-corrected chi connectivity index (χ3v) is 6.82. The average Bonchev–Trinajstić information content (AvgIpc) is 2.40. The highest BCUT2D eigenvalue weighted by molar-refractivity contribution is 7.92. The summed E-state index contributed by atoms with van der Waals surface area (Å²) in [5, 5.41) is 17.7. The van der Waals surface area contributed by atoms with Crippen LogP contribution in [-0.2, 0) is 31.9 Å². The van der Waals surface area contributed by atoms with Gasteiger partial charge < -0.3 is 19.3 Å². The highest BCUT2D eigenvalue weighted by Crippen LogP contribution is 2.27. The Labute approximate surface area is 157 Å². The molecule has 2 N–H and O–H groups in total. The van der Waals surface area contributed by atoms with E-state index in [1.54, 1.807) is 0 Å². The lowest BCUT2D eigenvalue weighted by Crippen LogP contribution is -2.24. The Morgan fingerprint density at radius 1 is 0.760 bits per heavy atom. The maximum atomic E-state index is 12.0. The first-order chi connectivity index (χ1) is 11.3. The standard InChI is InChI=1S/C17H32O6S2/c1-16(2,12-14(18)19)6-10-24(22)8-5-9-25(23)11-7-17(3,4)13-15(20)21/h5-13H2,1-4H3,(H,18,19)(H,20,21). The lowest BCUT2D eigenvalue weighted by Gasteiger charge is -2.23. The number of aliphatic carboxylic acids is 2. The van der Waals surface area contributed by atoms with Gasteiger partial charge in [0, 0.05) is 6.42 Å². The van der Waals surface area contributed by atoms with Gasteiger partial charge >= 0.3 is 11.9 Å². The summed E-state index contributed by atoms with van der Waals surface area (Å²) in [6.45, 7) is 7.41. The van der Waals surface area contributed by atoms with Crippen molar-refractivity contribution in [3.05, 3.63) is 0 Å². The van der Waals surface area contributed by atoms with E-state index in [1.165, 1.54) is 0 Å². The van der Waals surface area contributed by atoms with Gasteiger partial charge in [-0.3, -0.25) is 9.59 Å². The van der Waals surface area contributed by atoms with Gasteiger partial charge in [0.05, 0.1) is 12.8 Å². The monoisotopic (exact) mass is 396 g/mol. The summed E-state index contributed by atoms with van der Waals surface area (Å²) >= 11 is -2.06. The minimum absolute atomic E-state index is 0.0559. The number of rotatable bonds is 14. The predicted molar refractivity (Wildman–Crippen MR) is 102 cm³/mol. The molecule has 25 heavy (non-hydrogen) atoms. The van der Waals surface area contributed by atoms with Crippen LogP contribution < -0.4 is 0 Å². The van der Waals surface area contributed by atoms with Crippen LogP contribution in [0.3, 0.4) is 0 Å². The van der Waals surface area contributed by atoms with Crippen LogP contribution in [0.4, 0.5) is 0 Å². The van der Waals surface area contributed by atoms with E-state index in [0.717, 1.165) is 0 Å². The second kappa shape index (κ2) is 11.3. The zero-order valence-electron chi connectivity index (χ0n) is 15.7. The second-order valence-electron chi connectivity index (χ2n) is 8.02. The molecule has 2 atom stereocenters. The molecule has 0 aliphatic heterocycles. The van der Waals surface area contributed by atoms with Crippen LogP contribution in [0.1, 0.15) is 59.8 Å². The second-order valence-corrected chi connectivity index (χ2v) is 11.4. The molecule has 0 heterocycles. The number of hydrogen-bond donors (Lipinski definition) is 2. The van der Waals surface area contributed by atoms with Crippen LogP contribution in [0.2, 0.25) is 0 Å². The molecule has 0 fully saturated rings. The van der Waals surface area contributed by atoms with Gasteiger partial charge in [-0.15, -0.1) is 0 Å². The number of hydrogen-bond acceptors (Lipinski definition) is 4. The predicted octanol–water partition coefficient (Wildman–Crippen LogP) is 2.66. The van der Waals surface area contributed by atoms with Crippen molar-refractivity contribution in [1.82, 2.24) is 0 Å². The lowest BCUT2D eigenvalue weighted by molar-refractivity contribution is -0.140. The van der Waals surface area contributed by atoms with Gasteiger partial charge in [-0.05, 0) is 23.7 Å². The molecule has 0 spiro atoms. The molecule has 148 valence electrons. The van der Waals surface area contributed by atoms with Gasteiger partial charge in [0.15, 0.2) is 0 Å². The van der Waals surface area contributed by atoms with Gasteiger partial charge in [-0.25, -0.2) is 0 Å². The molecule has 0 saturated heterocycles. The molecule has 0 amide bonds. The van der Waals surface area contributed by atoms with Crippen molar-refractivity contribution in [3.63, 3.8) is 0 Å². The van der Waals surface area contributed by atoms with Crippen LogP contribution in [-0.4, -0.2) is 54.3 Å². The molecule has 0 aliphatic rings. The summed E-state index contributed by atoms with van der Waals surface area (Å²) < 4.78 is 24.0. The highest BCUT2D eigenvalue weighted by Gasteiger charge is 2.25. The minimum Gasteiger partial charge on any atom is -0.616 e. The average molecular weight is 397 g/mol. The summed E-state index contributed by atoms with van der Waals surface area (Å²) in [7, 11) is 0. The van der Waals surface area contributed by atoms with Crippen LogP contribution in [0.5, 0.6) is 0 Å². The quantitative estimate of drug-likeness (QED) is 0.435. The zero-order valence-corrected chi connectivity index (χ0v) is 17.3. The molecular formula is C17H32O6S2. The summed E-state index contributed by atoms with van der Waals surface area (Å²) in [6.07, 6.45) is 1.87. The van der Waals surface area contributed by atoms with E-state index in [-0.39, 0.29) is 23.7 Å². The molecule has 6 nitrogen and oxygen atoms in total. The van der Waals surface area contributed by atoms with Crippen LogP contribution in [0.25, 0.3) is 0 Å². The molecular weight excluding hydrogens is 364 g/mol. The van der Waals surface area contributed by atoms with E-state index in [2.05, 4.69) is 0 Å². The number of carboxylic acids is 2. The van der Waals surface area contributed by atoms with Crippen molar-refractivity contribution in [2.75, 3.05) is 23.0 Å².